The fourth-order valence-electron chi connectivity index (χ4n) is 3.49. The van der Waals surface area contributed by atoms with E-state index >= 15 is 0 Å². The number of hydrogen-bond acceptors (Lipinski definition) is 2. The van der Waals surface area contributed by atoms with E-state index in [2.05, 4.69) is 64.6 Å². The van der Waals surface area contributed by atoms with Gasteiger partial charge in [0, 0.05) is 11.1 Å². The van der Waals surface area contributed by atoms with Crippen LogP contribution >= 0.6 is 11.6 Å². The first-order chi connectivity index (χ1) is 13.3. The van der Waals surface area contributed by atoms with Crippen LogP contribution in [0.4, 0.5) is 0 Å². The van der Waals surface area contributed by atoms with Crippen molar-refractivity contribution in [2.24, 2.45) is 0 Å². The number of fused-ring (bicyclic) bond motifs is 3. The molecule has 3 heteroatoms. The molecule has 0 aliphatic rings. The molecular weight excluding hydrogens is 352 g/mol. The lowest BCUT2D eigenvalue weighted by Gasteiger charge is -2.08. The summed E-state index contributed by atoms with van der Waals surface area (Å²) in [6.45, 7) is 0. The minimum atomic E-state index is 0.255. The molecule has 1 aromatic heterocycles. The summed E-state index contributed by atoms with van der Waals surface area (Å²) in [6, 6.07) is 31.2. The Kier molecular flexibility index (Phi) is 3.84. The maximum Gasteiger partial charge on any atom is 0.223 e. The van der Waals surface area contributed by atoms with Crippen molar-refractivity contribution in [1.29, 1.82) is 0 Å². The van der Waals surface area contributed by atoms with E-state index in [9.17, 15) is 0 Å². The molecule has 0 unspecified atom stereocenters. The molecule has 128 valence electrons. The molecule has 2 nitrogen and oxygen atoms in total. The first-order valence-corrected chi connectivity index (χ1v) is 9.18. The highest BCUT2D eigenvalue weighted by molar-refractivity contribution is 6.28. The lowest BCUT2D eigenvalue weighted by atomic mass is 9.99. The first-order valence-electron chi connectivity index (χ1n) is 8.80. The molecule has 27 heavy (non-hydrogen) atoms. The predicted octanol–water partition coefficient (Wildman–Crippen LogP) is 6.77. The van der Waals surface area contributed by atoms with Crippen molar-refractivity contribution in [2.45, 2.75) is 0 Å². The summed E-state index contributed by atoms with van der Waals surface area (Å²) in [5.41, 5.74) is 3.70. The Morgan fingerprint density at radius 3 is 2.04 bits per heavy atom. The molecule has 0 aliphatic carbocycles. The van der Waals surface area contributed by atoms with Crippen LogP contribution in [0.1, 0.15) is 0 Å². The van der Waals surface area contributed by atoms with E-state index < -0.39 is 0 Å². The van der Waals surface area contributed by atoms with Crippen LogP contribution in [0.3, 0.4) is 0 Å². The van der Waals surface area contributed by atoms with Crippen molar-refractivity contribution in [2.75, 3.05) is 0 Å². The van der Waals surface area contributed by atoms with Crippen molar-refractivity contribution in [1.82, 2.24) is 9.97 Å². The van der Waals surface area contributed by atoms with Gasteiger partial charge in [0.1, 0.15) is 0 Å². The van der Waals surface area contributed by atoms with E-state index in [-0.39, 0.29) is 5.28 Å². The van der Waals surface area contributed by atoms with Crippen molar-refractivity contribution >= 4 is 33.1 Å². The van der Waals surface area contributed by atoms with E-state index in [1.807, 2.05) is 36.4 Å². The van der Waals surface area contributed by atoms with Crippen molar-refractivity contribution < 1.29 is 0 Å². The third-order valence-corrected chi connectivity index (χ3v) is 4.98. The van der Waals surface area contributed by atoms with Crippen LogP contribution in [0.15, 0.2) is 91.0 Å². The zero-order valence-corrected chi connectivity index (χ0v) is 15.2. The third kappa shape index (κ3) is 2.94. The Hall–Kier alpha value is -3.23. The largest absolute Gasteiger partial charge is 0.223 e. The molecule has 0 radical (unpaired) electrons. The van der Waals surface area contributed by atoms with Gasteiger partial charge in [-0.2, -0.15) is 0 Å². The van der Waals surface area contributed by atoms with Gasteiger partial charge in [-0.25, -0.2) is 9.97 Å². The SMILES string of the molecule is Clc1nc(-c2ccccc2)cc(-c2ccc3c(ccc4ccccc43)c2)n1. The van der Waals surface area contributed by atoms with Gasteiger partial charge in [0.15, 0.2) is 0 Å². The Morgan fingerprint density at radius 2 is 1.19 bits per heavy atom. The van der Waals surface area contributed by atoms with Crippen LogP contribution in [-0.2, 0) is 0 Å². The van der Waals surface area contributed by atoms with Crippen LogP contribution in [0, 0.1) is 0 Å². The fraction of sp³-hybridized carbons (Fsp3) is 0. The summed E-state index contributed by atoms with van der Waals surface area (Å²) in [7, 11) is 0. The van der Waals surface area contributed by atoms with Gasteiger partial charge in [0.05, 0.1) is 11.4 Å². The molecule has 0 atom stereocenters. The topological polar surface area (TPSA) is 25.8 Å². The number of aromatic nitrogens is 2. The number of halogens is 1. The van der Waals surface area contributed by atoms with E-state index in [0.717, 1.165) is 22.5 Å². The van der Waals surface area contributed by atoms with Crippen molar-refractivity contribution in [3.8, 4) is 22.5 Å². The molecular formula is C24H15ClN2. The zero-order valence-electron chi connectivity index (χ0n) is 14.4. The van der Waals surface area contributed by atoms with Gasteiger partial charge in [-0.1, -0.05) is 78.9 Å². The fourth-order valence-corrected chi connectivity index (χ4v) is 3.68. The molecule has 0 fully saturated rings. The zero-order chi connectivity index (χ0) is 18.2. The molecule has 5 aromatic rings. The van der Waals surface area contributed by atoms with Gasteiger partial charge in [0.25, 0.3) is 0 Å². The van der Waals surface area contributed by atoms with Gasteiger partial charge < -0.3 is 0 Å². The molecule has 5 rings (SSSR count). The summed E-state index contributed by atoms with van der Waals surface area (Å²) in [6.07, 6.45) is 0. The standard InChI is InChI=1S/C24H15ClN2/c25-24-26-22(17-7-2-1-3-8-17)15-23(27-24)19-12-13-21-18(14-19)11-10-16-6-4-5-9-20(16)21/h1-15H. The third-order valence-electron chi connectivity index (χ3n) is 4.81. The predicted molar refractivity (Wildman–Crippen MR) is 113 cm³/mol. The molecule has 0 spiro atoms. The van der Waals surface area contributed by atoms with Gasteiger partial charge in [-0.05, 0) is 45.3 Å². The van der Waals surface area contributed by atoms with Crippen LogP contribution < -0.4 is 0 Å². The van der Waals surface area contributed by atoms with Crippen LogP contribution in [-0.4, -0.2) is 9.97 Å². The lowest BCUT2D eigenvalue weighted by Crippen LogP contribution is -1.92. The second-order valence-corrected chi connectivity index (χ2v) is 6.83. The minimum Gasteiger partial charge on any atom is -0.218 e. The summed E-state index contributed by atoms with van der Waals surface area (Å²) < 4.78 is 0. The van der Waals surface area contributed by atoms with Gasteiger partial charge >= 0.3 is 0 Å². The highest BCUT2D eigenvalue weighted by Crippen LogP contribution is 2.30. The van der Waals surface area contributed by atoms with Crippen LogP contribution in [0.25, 0.3) is 44.1 Å². The summed E-state index contributed by atoms with van der Waals surface area (Å²) >= 11 is 6.22. The molecule has 0 saturated heterocycles. The summed E-state index contributed by atoms with van der Waals surface area (Å²) in [5, 5.41) is 5.17. The summed E-state index contributed by atoms with van der Waals surface area (Å²) in [4.78, 5) is 8.84. The number of hydrogen-bond donors (Lipinski definition) is 0. The highest BCUT2D eigenvalue weighted by atomic mass is 35.5. The highest BCUT2D eigenvalue weighted by Gasteiger charge is 2.09. The molecule has 0 amide bonds. The first kappa shape index (κ1) is 16.0. The van der Waals surface area contributed by atoms with E-state index in [0.29, 0.717) is 0 Å². The van der Waals surface area contributed by atoms with Crippen molar-refractivity contribution in [3.05, 3.63) is 96.3 Å². The minimum absolute atomic E-state index is 0.255. The second kappa shape index (κ2) is 6.49. The molecule has 4 aromatic carbocycles. The van der Waals surface area contributed by atoms with Gasteiger partial charge in [-0.15, -0.1) is 0 Å². The maximum absolute atomic E-state index is 6.22. The Morgan fingerprint density at radius 1 is 0.519 bits per heavy atom. The molecule has 0 aliphatic heterocycles. The Balaban J connectivity index is 1.67. The molecule has 0 N–H and O–H groups in total. The number of nitrogens with zero attached hydrogens (tertiary/aromatic N) is 2. The van der Waals surface area contributed by atoms with E-state index in [1.54, 1.807) is 0 Å². The average molecular weight is 367 g/mol. The normalized spacial score (nSPS) is 11.1. The smallest absolute Gasteiger partial charge is 0.218 e. The van der Waals surface area contributed by atoms with Gasteiger partial charge in [-0.3, -0.25) is 0 Å². The van der Waals surface area contributed by atoms with E-state index in [1.165, 1.54) is 21.5 Å². The monoisotopic (exact) mass is 366 g/mol. The van der Waals surface area contributed by atoms with E-state index in [4.69, 9.17) is 11.6 Å². The number of benzene rings is 4. The van der Waals surface area contributed by atoms with Crippen LogP contribution in [0.5, 0.6) is 0 Å². The van der Waals surface area contributed by atoms with Crippen LogP contribution in [0.2, 0.25) is 5.28 Å². The molecule has 1 heterocycles. The summed E-state index contributed by atoms with van der Waals surface area (Å²) in [5.74, 6) is 0. The molecule has 0 bridgehead atoms. The second-order valence-electron chi connectivity index (χ2n) is 6.50. The number of rotatable bonds is 2. The lowest BCUT2D eigenvalue weighted by molar-refractivity contribution is 1.18. The maximum atomic E-state index is 6.22. The Labute approximate surface area is 162 Å². The van der Waals surface area contributed by atoms with Gasteiger partial charge in [0.2, 0.25) is 5.28 Å². The average Bonchev–Trinajstić information content (AvgIpc) is 2.73. The quantitative estimate of drug-likeness (QED) is 0.254. The molecule has 0 saturated carbocycles. The van der Waals surface area contributed by atoms with Crippen molar-refractivity contribution in [3.63, 3.8) is 0 Å². The Bertz CT molecular complexity index is 1280.